The van der Waals surface area contributed by atoms with E-state index in [-0.39, 0.29) is 30.0 Å². The molecule has 0 aromatic rings. The Kier molecular flexibility index (Phi) is 4.81. The molecule has 0 aliphatic carbocycles. The number of carbonyl (C=O) groups excluding carboxylic acids is 1. The van der Waals surface area contributed by atoms with E-state index in [2.05, 4.69) is 19.2 Å². The van der Waals surface area contributed by atoms with E-state index in [1.165, 1.54) is 0 Å². The summed E-state index contributed by atoms with van der Waals surface area (Å²) in [5, 5.41) is 3.25. The highest BCUT2D eigenvalue weighted by atomic mass is 35.5. The number of carbonyl (C=O) groups is 1. The molecule has 0 aromatic heterocycles. The molecule has 0 spiro atoms. The zero-order valence-electron chi connectivity index (χ0n) is 10.9. The second kappa shape index (κ2) is 5.55. The maximum absolute atomic E-state index is 12.3. The molecular weight excluding hydrogens is 240 g/mol. The van der Waals surface area contributed by atoms with Crippen LogP contribution in [0.15, 0.2) is 0 Å². The van der Waals surface area contributed by atoms with Crippen LogP contribution in [0.2, 0.25) is 0 Å². The fourth-order valence-corrected chi connectivity index (χ4v) is 2.75. The number of ether oxygens (including phenoxy) is 1. The number of nitrogens with zero attached hydrogens (tertiary/aromatic N) is 1. The van der Waals surface area contributed by atoms with Crippen LogP contribution < -0.4 is 5.32 Å². The van der Waals surface area contributed by atoms with Crippen molar-refractivity contribution >= 4 is 18.3 Å². The predicted molar refractivity (Wildman–Crippen MR) is 69.4 cm³/mol. The molecule has 2 atom stereocenters. The molecule has 100 valence electrons. The molecule has 0 bridgehead atoms. The van der Waals surface area contributed by atoms with Gasteiger partial charge in [0, 0.05) is 19.6 Å². The van der Waals surface area contributed by atoms with Gasteiger partial charge >= 0.3 is 0 Å². The summed E-state index contributed by atoms with van der Waals surface area (Å²) < 4.78 is 5.81. The lowest BCUT2D eigenvalue weighted by molar-refractivity contribution is -0.161. The monoisotopic (exact) mass is 262 g/mol. The molecule has 0 aromatic carbocycles. The van der Waals surface area contributed by atoms with Crippen molar-refractivity contribution in [3.05, 3.63) is 0 Å². The minimum atomic E-state index is -0.209. The molecule has 2 saturated heterocycles. The molecule has 2 aliphatic rings. The number of morpholine rings is 1. The van der Waals surface area contributed by atoms with Gasteiger partial charge in [-0.3, -0.25) is 4.79 Å². The van der Waals surface area contributed by atoms with Gasteiger partial charge in [0.25, 0.3) is 0 Å². The number of hydrogen-bond donors (Lipinski definition) is 1. The third-order valence-electron chi connectivity index (χ3n) is 3.29. The van der Waals surface area contributed by atoms with Gasteiger partial charge in [-0.15, -0.1) is 12.4 Å². The SMILES string of the molecule is CC1CN(C(=O)C2CCNC2)CC(C)(C)O1.Cl. The smallest absolute Gasteiger partial charge is 0.227 e. The lowest BCUT2D eigenvalue weighted by Crippen LogP contribution is -2.55. The number of rotatable bonds is 1. The minimum absolute atomic E-state index is 0. The molecule has 2 aliphatic heterocycles. The van der Waals surface area contributed by atoms with Crippen molar-refractivity contribution in [3.8, 4) is 0 Å². The third kappa shape index (κ3) is 3.57. The quantitative estimate of drug-likeness (QED) is 0.768. The summed E-state index contributed by atoms with van der Waals surface area (Å²) in [5.41, 5.74) is -0.209. The van der Waals surface area contributed by atoms with E-state index in [1.54, 1.807) is 0 Å². The van der Waals surface area contributed by atoms with Crippen LogP contribution in [0.3, 0.4) is 0 Å². The topological polar surface area (TPSA) is 41.6 Å². The van der Waals surface area contributed by atoms with Gasteiger partial charge < -0.3 is 15.0 Å². The Morgan fingerprint density at radius 3 is 2.71 bits per heavy atom. The van der Waals surface area contributed by atoms with Crippen molar-refractivity contribution in [2.75, 3.05) is 26.2 Å². The molecular formula is C12H23ClN2O2. The Hall–Kier alpha value is -0.320. The average molecular weight is 263 g/mol. The van der Waals surface area contributed by atoms with Crippen LogP contribution in [-0.2, 0) is 9.53 Å². The van der Waals surface area contributed by atoms with Gasteiger partial charge in [-0.05, 0) is 33.7 Å². The number of amides is 1. The van der Waals surface area contributed by atoms with Crippen LogP contribution in [-0.4, -0.2) is 48.7 Å². The molecule has 2 rings (SSSR count). The van der Waals surface area contributed by atoms with E-state index in [9.17, 15) is 4.79 Å². The summed E-state index contributed by atoms with van der Waals surface area (Å²) in [6.07, 6.45) is 1.12. The highest BCUT2D eigenvalue weighted by molar-refractivity contribution is 5.85. The van der Waals surface area contributed by atoms with Crippen LogP contribution in [0, 0.1) is 5.92 Å². The van der Waals surface area contributed by atoms with Gasteiger partial charge in [0.2, 0.25) is 5.91 Å². The van der Waals surface area contributed by atoms with Gasteiger partial charge in [0.05, 0.1) is 17.6 Å². The normalized spacial score (nSPS) is 32.1. The highest BCUT2D eigenvalue weighted by Gasteiger charge is 2.36. The van der Waals surface area contributed by atoms with Crippen LogP contribution in [0.5, 0.6) is 0 Å². The maximum atomic E-state index is 12.3. The third-order valence-corrected chi connectivity index (χ3v) is 3.29. The molecule has 1 N–H and O–H groups in total. The first-order valence-corrected chi connectivity index (χ1v) is 6.15. The summed E-state index contributed by atoms with van der Waals surface area (Å²) in [6, 6.07) is 0. The van der Waals surface area contributed by atoms with E-state index in [0.717, 1.165) is 26.1 Å². The van der Waals surface area contributed by atoms with E-state index in [0.29, 0.717) is 12.5 Å². The second-order valence-corrected chi connectivity index (χ2v) is 5.60. The predicted octanol–water partition coefficient (Wildman–Crippen LogP) is 1.04. The van der Waals surface area contributed by atoms with Crippen LogP contribution in [0.25, 0.3) is 0 Å². The molecule has 2 unspecified atom stereocenters. The highest BCUT2D eigenvalue weighted by Crippen LogP contribution is 2.23. The Bertz CT molecular complexity index is 278. The number of nitrogens with one attached hydrogen (secondary N) is 1. The van der Waals surface area contributed by atoms with Gasteiger partial charge in [-0.1, -0.05) is 0 Å². The fraction of sp³-hybridized carbons (Fsp3) is 0.917. The van der Waals surface area contributed by atoms with Crippen molar-refractivity contribution < 1.29 is 9.53 Å². The first-order chi connectivity index (χ1) is 7.48. The lowest BCUT2D eigenvalue weighted by Gasteiger charge is -2.42. The summed E-state index contributed by atoms with van der Waals surface area (Å²) in [5.74, 6) is 0.481. The largest absolute Gasteiger partial charge is 0.369 e. The van der Waals surface area contributed by atoms with Crippen molar-refractivity contribution in [2.45, 2.75) is 38.9 Å². The molecule has 0 saturated carbocycles. The summed E-state index contributed by atoms with van der Waals surface area (Å²) in [4.78, 5) is 14.2. The van der Waals surface area contributed by atoms with Crippen molar-refractivity contribution in [1.82, 2.24) is 10.2 Å². The van der Waals surface area contributed by atoms with Crippen LogP contribution >= 0.6 is 12.4 Å². The molecule has 17 heavy (non-hydrogen) atoms. The van der Waals surface area contributed by atoms with E-state index >= 15 is 0 Å². The summed E-state index contributed by atoms with van der Waals surface area (Å²) in [7, 11) is 0. The summed E-state index contributed by atoms with van der Waals surface area (Å²) in [6.45, 7) is 9.40. The van der Waals surface area contributed by atoms with Gasteiger partial charge in [-0.25, -0.2) is 0 Å². The zero-order valence-corrected chi connectivity index (χ0v) is 11.7. The van der Waals surface area contributed by atoms with E-state index < -0.39 is 0 Å². The Morgan fingerprint density at radius 1 is 1.47 bits per heavy atom. The Balaban J connectivity index is 0.00000144. The van der Waals surface area contributed by atoms with Gasteiger partial charge in [0.15, 0.2) is 0 Å². The average Bonchev–Trinajstić information content (AvgIpc) is 2.65. The Labute approximate surface area is 109 Å². The molecule has 0 radical (unpaired) electrons. The van der Waals surface area contributed by atoms with Crippen LogP contribution in [0.4, 0.5) is 0 Å². The van der Waals surface area contributed by atoms with Gasteiger partial charge in [0.1, 0.15) is 0 Å². The Morgan fingerprint density at radius 2 is 2.18 bits per heavy atom. The van der Waals surface area contributed by atoms with Gasteiger partial charge in [-0.2, -0.15) is 0 Å². The number of halogens is 1. The van der Waals surface area contributed by atoms with Crippen molar-refractivity contribution in [2.24, 2.45) is 5.92 Å². The second-order valence-electron chi connectivity index (χ2n) is 5.60. The summed E-state index contributed by atoms with van der Waals surface area (Å²) >= 11 is 0. The molecule has 5 heteroatoms. The van der Waals surface area contributed by atoms with Crippen molar-refractivity contribution in [1.29, 1.82) is 0 Å². The zero-order chi connectivity index (χ0) is 11.8. The standard InChI is InChI=1S/C12H22N2O2.ClH/c1-9-7-14(8-12(2,3)16-9)11(15)10-4-5-13-6-10;/h9-10,13H,4-8H2,1-3H3;1H. The minimum Gasteiger partial charge on any atom is -0.369 e. The molecule has 1 amide bonds. The lowest BCUT2D eigenvalue weighted by atomic mass is 10.0. The first kappa shape index (κ1) is 14.7. The number of hydrogen-bond acceptors (Lipinski definition) is 3. The van der Waals surface area contributed by atoms with Crippen molar-refractivity contribution in [3.63, 3.8) is 0 Å². The van der Waals surface area contributed by atoms with Crippen LogP contribution in [0.1, 0.15) is 27.2 Å². The molecule has 2 heterocycles. The van der Waals surface area contributed by atoms with E-state index in [1.807, 2.05) is 11.8 Å². The fourth-order valence-electron chi connectivity index (χ4n) is 2.75. The van der Waals surface area contributed by atoms with E-state index in [4.69, 9.17) is 4.74 Å². The molecule has 4 nitrogen and oxygen atoms in total. The molecule has 2 fully saturated rings. The maximum Gasteiger partial charge on any atom is 0.227 e. The first-order valence-electron chi connectivity index (χ1n) is 6.15.